The van der Waals surface area contributed by atoms with Gasteiger partial charge in [-0.15, -0.1) is 0 Å². The van der Waals surface area contributed by atoms with Gasteiger partial charge in [0, 0.05) is 30.7 Å². The van der Waals surface area contributed by atoms with Crippen LogP contribution >= 0.6 is 0 Å². The highest BCUT2D eigenvalue weighted by atomic mass is 35.5. The highest BCUT2D eigenvalue weighted by Gasteiger charge is 2.06. The third-order valence-corrected chi connectivity index (χ3v) is 3.28. The molecule has 4 nitrogen and oxygen atoms in total. The lowest BCUT2D eigenvalue weighted by atomic mass is 10.1. The first-order chi connectivity index (χ1) is 9.97. The maximum Gasteiger partial charge on any atom is 0.323 e. The molecule has 0 aliphatic carbocycles. The first-order valence-electron chi connectivity index (χ1n) is 7.57. The van der Waals surface area contributed by atoms with Crippen molar-refractivity contribution >= 4 is 17.4 Å². The van der Waals surface area contributed by atoms with Crippen LogP contribution in [-0.4, -0.2) is 19.1 Å². The van der Waals surface area contributed by atoms with E-state index in [9.17, 15) is 4.79 Å². The number of rotatable bonds is 6. The van der Waals surface area contributed by atoms with E-state index >= 15 is 0 Å². The molecule has 1 aromatic rings. The van der Waals surface area contributed by atoms with Crippen LogP contribution in [0.4, 0.5) is 16.2 Å². The molecule has 0 saturated carbocycles. The third kappa shape index (κ3) is 6.39. The largest absolute Gasteiger partial charge is 1.00 e. The predicted octanol–water partition coefficient (Wildman–Crippen LogP) is 1.14. The molecular weight excluding hydrogens is 298 g/mol. The summed E-state index contributed by atoms with van der Waals surface area (Å²) in [6.07, 6.45) is 3.62. The number of hydrogen-bond donors (Lipinski definition) is 2. The summed E-state index contributed by atoms with van der Waals surface area (Å²) in [5.74, 6) is 0.417. The van der Waals surface area contributed by atoms with Crippen LogP contribution in [0.5, 0.6) is 0 Å². The van der Waals surface area contributed by atoms with E-state index in [4.69, 9.17) is 0 Å². The van der Waals surface area contributed by atoms with Crippen molar-refractivity contribution in [3.63, 3.8) is 0 Å². The van der Waals surface area contributed by atoms with E-state index < -0.39 is 0 Å². The zero-order valence-electron chi connectivity index (χ0n) is 14.1. The normalized spacial score (nSPS) is 10.5. The molecule has 124 valence electrons. The Morgan fingerprint density at radius 3 is 2.41 bits per heavy atom. The summed E-state index contributed by atoms with van der Waals surface area (Å²) in [4.78, 5) is 14.1. The smallest absolute Gasteiger partial charge is 0.323 e. The van der Waals surface area contributed by atoms with E-state index in [0.29, 0.717) is 5.92 Å². The van der Waals surface area contributed by atoms with Crippen molar-refractivity contribution in [1.82, 2.24) is 5.32 Å². The predicted molar refractivity (Wildman–Crippen MR) is 90.9 cm³/mol. The average Bonchev–Trinajstić information content (AvgIpc) is 2.42. The zero-order valence-corrected chi connectivity index (χ0v) is 14.9. The second kappa shape index (κ2) is 10.1. The van der Waals surface area contributed by atoms with Crippen LogP contribution in [0.1, 0.15) is 33.3 Å². The van der Waals surface area contributed by atoms with E-state index in [1.54, 1.807) is 6.20 Å². The summed E-state index contributed by atoms with van der Waals surface area (Å²) >= 11 is 0. The van der Waals surface area contributed by atoms with E-state index in [1.165, 1.54) is 5.69 Å². The van der Waals surface area contributed by atoms with Crippen LogP contribution in [0.15, 0.2) is 30.5 Å². The minimum absolute atomic E-state index is 0. The minimum Gasteiger partial charge on any atom is -1.00 e. The topological polar surface area (TPSA) is 44.4 Å². The highest BCUT2D eigenvalue weighted by Crippen LogP contribution is 2.22. The fraction of sp³-hybridized carbons (Fsp3) is 0.471. The first kappa shape index (κ1) is 20.3. The molecule has 2 amide bonds. The number of allylic oxidation sites excluding steroid dienone is 1. The minimum atomic E-state index is -0.217. The molecule has 1 rings (SSSR count). The van der Waals surface area contributed by atoms with Gasteiger partial charge < -0.3 is 27.9 Å². The number of hydrogen-bond acceptors (Lipinski definition) is 2. The third-order valence-electron chi connectivity index (χ3n) is 3.28. The van der Waals surface area contributed by atoms with Crippen LogP contribution in [0.25, 0.3) is 0 Å². The molecule has 0 unspecified atom stereocenters. The van der Waals surface area contributed by atoms with Gasteiger partial charge in [0.25, 0.3) is 0 Å². The highest BCUT2D eigenvalue weighted by molar-refractivity contribution is 5.91. The molecule has 0 bridgehead atoms. The lowest BCUT2D eigenvalue weighted by molar-refractivity contribution is -0.00000779. The van der Waals surface area contributed by atoms with Crippen LogP contribution < -0.4 is 27.9 Å². The molecule has 2 N–H and O–H groups in total. The Balaban J connectivity index is 0.00000441. The van der Waals surface area contributed by atoms with Crippen LogP contribution in [0, 0.1) is 12.8 Å². The first-order valence-corrected chi connectivity index (χ1v) is 7.57. The molecule has 0 aliphatic rings. The molecule has 0 atom stereocenters. The van der Waals surface area contributed by atoms with E-state index in [2.05, 4.69) is 49.3 Å². The number of benzene rings is 1. The van der Waals surface area contributed by atoms with Crippen molar-refractivity contribution in [2.75, 3.05) is 23.3 Å². The van der Waals surface area contributed by atoms with Gasteiger partial charge in [-0.2, -0.15) is 0 Å². The van der Waals surface area contributed by atoms with Crippen molar-refractivity contribution in [1.29, 1.82) is 0 Å². The second-order valence-corrected chi connectivity index (χ2v) is 5.37. The molecule has 0 heterocycles. The summed E-state index contributed by atoms with van der Waals surface area (Å²) in [6, 6.07) is 5.88. The van der Waals surface area contributed by atoms with Gasteiger partial charge in [-0.3, -0.25) is 0 Å². The number of nitrogens with zero attached hydrogens (tertiary/aromatic N) is 1. The molecular formula is C17H27ClN3O-. The van der Waals surface area contributed by atoms with Crippen LogP contribution in [0.2, 0.25) is 0 Å². The van der Waals surface area contributed by atoms with Crippen molar-refractivity contribution in [3.8, 4) is 0 Å². The van der Waals surface area contributed by atoms with Gasteiger partial charge in [0.1, 0.15) is 0 Å². The quantitative estimate of drug-likeness (QED) is 0.824. The number of aryl methyl sites for hydroxylation is 1. The van der Waals surface area contributed by atoms with E-state index in [0.717, 1.165) is 24.3 Å². The lowest BCUT2D eigenvalue weighted by Gasteiger charge is -2.22. The number of amides is 2. The molecule has 0 saturated heterocycles. The fourth-order valence-corrected chi connectivity index (χ4v) is 2.05. The molecule has 0 spiro atoms. The maximum atomic E-state index is 11.8. The van der Waals surface area contributed by atoms with Crippen LogP contribution in [0.3, 0.4) is 0 Å². The summed E-state index contributed by atoms with van der Waals surface area (Å²) < 4.78 is 0. The zero-order chi connectivity index (χ0) is 15.8. The second-order valence-electron chi connectivity index (χ2n) is 5.37. The molecule has 0 aliphatic heterocycles. The lowest BCUT2D eigenvalue weighted by Crippen LogP contribution is -3.00. The Morgan fingerprint density at radius 1 is 1.27 bits per heavy atom. The van der Waals surface area contributed by atoms with Crippen molar-refractivity contribution in [2.24, 2.45) is 5.92 Å². The number of anilines is 2. The number of nitrogens with one attached hydrogen (secondary N) is 2. The fourth-order valence-electron chi connectivity index (χ4n) is 2.05. The Bertz CT molecular complexity index is 497. The summed E-state index contributed by atoms with van der Waals surface area (Å²) in [5.41, 5.74) is 3.08. The summed E-state index contributed by atoms with van der Waals surface area (Å²) in [7, 11) is 0. The molecule has 0 fully saturated rings. The van der Waals surface area contributed by atoms with Gasteiger partial charge in [0.2, 0.25) is 0 Å². The van der Waals surface area contributed by atoms with Crippen LogP contribution in [-0.2, 0) is 0 Å². The van der Waals surface area contributed by atoms with Crippen molar-refractivity contribution in [3.05, 3.63) is 36.0 Å². The molecule has 0 aromatic heterocycles. The Kier molecular flexibility index (Phi) is 9.34. The van der Waals surface area contributed by atoms with E-state index in [-0.39, 0.29) is 18.4 Å². The number of carbonyl (C=O) groups excluding carboxylic acids is 1. The number of halogens is 1. The Labute approximate surface area is 140 Å². The summed E-state index contributed by atoms with van der Waals surface area (Å²) in [5, 5.41) is 5.57. The monoisotopic (exact) mass is 324 g/mol. The molecule has 0 radical (unpaired) electrons. The molecule has 1 aromatic carbocycles. The SMILES string of the molecule is CCN(CC)c1ccc(NC(=O)N/C=C/C(C)C)c(C)c1.[Cl-]. The average molecular weight is 325 g/mol. The Hall–Kier alpha value is -1.68. The van der Waals surface area contributed by atoms with Crippen molar-refractivity contribution in [2.45, 2.75) is 34.6 Å². The molecule has 22 heavy (non-hydrogen) atoms. The Morgan fingerprint density at radius 2 is 1.91 bits per heavy atom. The number of carbonyl (C=O) groups is 1. The van der Waals surface area contributed by atoms with Gasteiger partial charge in [-0.25, -0.2) is 4.79 Å². The standard InChI is InChI=1S/C17H27N3O.ClH/c1-6-20(7-2)15-8-9-16(14(5)12-15)19-17(21)18-11-10-13(3)4;/h8-13H,6-7H2,1-5H3,(H2,18,19,21);1H/p-1/b11-10+;. The van der Waals surface area contributed by atoms with E-state index in [1.807, 2.05) is 25.1 Å². The maximum absolute atomic E-state index is 11.8. The van der Waals surface area contributed by atoms with Gasteiger partial charge in [-0.1, -0.05) is 19.9 Å². The van der Waals surface area contributed by atoms with Gasteiger partial charge in [0.05, 0.1) is 0 Å². The van der Waals surface area contributed by atoms with Crippen molar-refractivity contribution < 1.29 is 17.2 Å². The van der Waals surface area contributed by atoms with Gasteiger partial charge >= 0.3 is 6.03 Å². The number of urea groups is 1. The van der Waals surface area contributed by atoms with Gasteiger partial charge in [-0.05, 0) is 50.5 Å². The molecule has 5 heteroatoms. The summed E-state index contributed by atoms with van der Waals surface area (Å²) in [6.45, 7) is 12.4. The van der Waals surface area contributed by atoms with Gasteiger partial charge in [0.15, 0.2) is 0 Å².